The maximum Gasteiger partial charge on any atom is 0.317 e. The van der Waals surface area contributed by atoms with Gasteiger partial charge in [0.05, 0.1) is 6.42 Å². The Labute approximate surface area is 113 Å². The van der Waals surface area contributed by atoms with E-state index in [2.05, 4.69) is 12.2 Å². The third kappa shape index (κ3) is 3.83. The molecule has 0 radical (unpaired) electrons. The van der Waals surface area contributed by atoms with E-state index in [1.165, 1.54) is 0 Å². The van der Waals surface area contributed by atoms with Crippen LogP contribution in [0.25, 0.3) is 0 Å². The Bertz CT molecular complexity index is 347. The Kier molecular flexibility index (Phi) is 4.29. The molecule has 0 aliphatic carbocycles. The van der Waals surface area contributed by atoms with Gasteiger partial charge in [0.2, 0.25) is 0 Å². The Morgan fingerprint density at radius 1 is 1.37 bits per heavy atom. The van der Waals surface area contributed by atoms with Crippen LogP contribution in [0.3, 0.4) is 0 Å². The predicted molar refractivity (Wildman–Crippen MR) is 68.9 cm³/mol. The molecule has 0 bridgehead atoms. The van der Waals surface area contributed by atoms with Crippen molar-refractivity contribution in [2.75, 3.05) is 32.8 Å². The average Bonchev–Trinajstić information content (AvgIpc) is 2.31. The van der Waals surface area contributed by atoms with Crippen LogP contribution in [0.1, 0.15) is 26.2 Å². The number of urea groups is 1. The van der Waals surface area contributed by atoms with Crippen molar-refractivity contribution in [1.29, 1.82) is 0 Å². The molecular weight excluding hydrogens is 248 g/mol. The highest BCUT2D eigenvalue weighted by Crippen LogP contribution is 2.29. The fourth-order valence-corrected chi connectivity index (χ4v) is 2.55. The zero-order valence-electron chi connectivity index (χ0n) is 11.4. The quantitative estimate of drug-likeness (QED) is 0.796. The molecule has 2 heterocycles. The van der Waals surface area contributed by atoms with E-state index in [-0.39, 0.29) is 23.8 Å². The lowest BCUT2D eigenvalue weighted by molar-refractivity contribution is -0.139. The molecule has 2 aliphatic rings. The smallest absolute Gasteiger partial charge is 0.317 e. The van der Waals surface area contributed by atoms with Crippen LogP contribution in [0.5, 0.6) is 0 Å². The summed E-state index contributed by atoms with van der Waals surface area (Å²) in [6.07, 6.45) is 2.09. The van der Waals surface area contributed by atoms with Crippen molar-refractivity contribution in [2.45, 2.75) is 26.2 Å². The summed E-state index contributed by atoms with van der Waals surface area (Å²) in [5, 5.41) is 11.6. The van der Waals surface area contributed by atoms with E-state index in [0.717, 1.165) is 26.1 Å². The van der Waals surface area contributed by atoms with E-state index in [4.69, 9.17) is 9.84 Å². The van der Waals surface area contributed by atoms with Crippen molar-refractivity contribution in [2.24, 2.45) is 11.3 Å². The SMILES string of the molecule is CC1(CNC(=O)N2CC(CC(=O)O)C2)CCOCC1. The molecule has 2 saturated heterocycles. The number of nitrogens with zero attached hydrogens (tertiary/aromatic N) is 1. The molecule has 0 aromatic carbocycles. The highest BCUT2D eigenvalue weighted by molar-refractivity contribution is 5.75. The van der Waals surface area contributed by atoms with Crippen LogP contribution in [0.15, 0.2) is 0 Å². The minimum absolute atomic E-state index is 0.0747. The van der Waals surface area contributed by atoms with Gasteiger partial charge >= 0.3 is 12.0 Å². The number of carboxylic acid groups (broad SMARTS) is 1. The second kappa shape index (κ2) is 5.77. The molecule has 0 spiro atoms. The highest BCUT2D eigenvalue weighted by Gasteiger charge is 2.33. The first kappa shape index (κ1) is 14.1. The summed E-state index contributed by atoms with van der Waals surface area (Å²) < 4.78 is 5.32. The van der Waals surface area contributed by atoms with Gasteiger partial charge in [-0.2, -0.15) is 0 Å². The number of carbonyl (C=O) groups is 2. The topological polar surface area (TPSA) is 78.9 Å². The number of hydrogen-bond donors (Lipinski definition) is 2. The summed E-state index contributed by atoms with van der Waals surface area (Å²) in [5.41, 5.74) is 0.124. The number of carboxylic acids is 1. The normalized spacial score (nSPS) is 22.7. The Morgan fingerprint density at radius 2 is 2.00 bits per heavy atom. The number of rotatable bonds is 4. The van der Waals surface area contributed by atoms with Crippen molar-refractivity contribution in [3.63, 3.8) is 0 Å². The van der Waals surface area contributed by atoms with Gasteiger partial charge in [-0.25, -0.2) is 4.79 Å². The summed E-state index contributed by atoms with van der Waals surface area (Å²) >= 11 is 0. The Morgan fingerprint density at radius 3 is 2.58 bits per heavy atom. The lowest BCUT2D eigenvalue weighted by Gasteiger charge is -2.40. The number of hydrogen-bond acceptors (Lipinski definition) is 3. The van der Waals surface area contributed by atoms with E-state index in [0.29, 0.717) is 19.6 Å². The molecule has 108 valence electrons. The van der Waals surface area contributed by atoms with Crippen molar-refractivity contribution in [3.05, 3.63) is 0 Å². The predicted octanol–water partition coefficient (Wildman–Crippen LogP) is 0.919. The lowest BCUT2D eigenvalue weighted by atomic mass is 9.82. The highest BCUT2D eigenvalue weighted by atomic mass is 16.5. The van der Waals surface area contributed by atoms with Crippen molar-refractivity contribution in [3.8, 4) is 0 Å². The molecule has 0 unspecified atom stereocenters. The van der Waals surface area contributed by atoms with Gasteiger partial charge in [-0.05, 0) is 18.3 Å². The zero-order chi connectivity index (χ0) is 13.9. The van der Waals surface area contributed by atoms with Crippen molar-refractivity contribution < 1.29 is 19.4 Å². The van der Waals surface area contributed by atoms with Crippen molar-refractivity contribution in [1.82, 2.24) is 10.2 Å². The molecule has 2 amide bonds. The number of amides is 2. The van der Waals surface area contributed by atoms with Gasteiger partial charge in [0.1, 0.15) is 0 Å². The summed E-state index contributed by atoms with van der Waals surface area (Å²) in [5.74, 6) is -0.679. The minimum atomic E-state index is -0.792. The largest absolute Gasteiger partial charge is 0.481 e. The first-order valence-electron chi connectivity index (χ1n) is 6.81. The third-order valence-corrected chi connectivity index (χ3v) is 4.07. The molecule has 0 saturated carbocycles. The van der Waals surface area contributed by atoms with Crippen LogP contribution in [-0.2, 0) is 9.53 Å². The van der Waals surface area contributed by atoms with Gasteiger partial charge in [-0.3, -0.25) is 4.79 Å². The van der Waals surface area contributed by atoms with Crippen LogP contribution in [0.4, 0.5) is 4.79 Å². The van der Waals surface area contributed by atoms with Crippen LogP contribution in [0, 0.1) is 11.3 Å². The standard InChI is InChI=1S/C13H22N2O4/c1-13(2-4-19-5-3-13)9-14-12(18)15-7-10(8-15)6-11(16)17/h10H,2-9H2,1H3,(H,14,18)(H,16,17). The molecule has 6 heteroatoms. The number of aliphatic carboxylic acids is 1. The fraction of sp³-hybridized carbons (Fsp3) is 0.846. The molecule has 2 aliphatic heterocycles. The van der Waals surface area contributed by atoms with E-state index in [1.807, 2.05) is 0 Å². The molecule has 0 atom stereocenters. The Balaban J connectivity index is 1.67. The van der Waals surface area contributed by atoms with Gasteiger partial charge in [0.25, 0.3) is 0 Å². The van der Waals surface area contributed by atoms with E-state index >= 15 is 0 Å². The molecule has 0 aromatic heterocycles. The summed E-state index contributed by atoms with van der Waals surface area (Å²) in [4.78, 5) is 24.1. The Hall–Kier alpha value is -1.30. The van der Waals surface area contributed by atoms with Crippen molar-refractivity contribution >= 4 is 12.0 Å². The maximum atomic E-state index is 11.9. The fourth-order valence-electron chi connectivity index (χ4n) is 2.55. The molecule has 19 heavy (non-hydrogen) atoms. The van der Waals surface area contributed by atoms with Crippen LogP contribution in [0.2, 0.25) is 0 Å². The number of likely N-dealkylation sites (tertiary alicyclic amines) is 1. The summed E-state index contributed by atoms with van der Waals surface area (Å²) in [7, 11) is 0. The number of carbonyl (C=O) groups excluding carboxylic acids is 1. The average molecular weight is 270 g/mol. The van der Waals surface area contributed by atoms with Gasteiger partial charge in [-0.15, -0.1) is 0 Å². The van der Waals surface area contributed by atoms with Crippen LogP contribution in [-0.4, -0.2) is 54.9 Å². The number of nitrogens with one attached hydrogen (secondary N) is 1. The van der Waals surface area contributed by atoms with E-state index < -0.39 is 5.97 Å². The second-order valence-electron chi connectivity index (χ2n) is 5.95. The summed E-state index contributed by atoms with van der Waals surface area (Å²) in [6.45, 7) is 5.46. The van der Waals surface area contributed by atoms with Gasteiger partial charge in [-0.1, -0.05) is 6.92 Å². The molecule has 6 nitrogen and oxygen atoms in total. The first-order valence-corrected chi connectivity index (χ1v) is 6.81. The molecular formula is C13H22N2O4. The number of ether oxygens (including phenoxy) is 1. The molecule has 2 rings (SSSR count). The maximum absolute atomic E-state index is 11.9. The monoisotopic (exact) mass is 270 g/mol. The van der Waals surface area contributed by atoms with Crippen LogP contribution < -0.4 is 5.32 Å². The van der Waals surface area contributed by atoms with Gasteiger partial charge in [0.15, 0.2) is 0 Å². The lowest BCUT2D eigenvalue weighted by Crippen LogP contribution is -2.55. The van der Waals surface area contributed by atoms with Crippen LogP contribution >= 0.6 is 0 Å². The molecule has 2 fully saturated rings. The van der Waals surface area contributed by atoms with Gasteiger partial charge in [0, 0.05) is 38.8 Å². The summed E-state index contributed by atoms with van der Waals surface area (Å²) in [6, 6.07) is -0.0747. The third-order valence-electron chi connectivity index (χ3n) is 4.07. The van der Waals surface area contributed by atoms with E-state index in [9.17, 15) is 9.59 Å². The molecule has 0 aromatic rings. The first-order chi connectivity index (χ1) is 8.98. The minimum Gasteiger partial charge on any atom is -0.481 e. The second-order valence-corrected chi connectivity index (χ2v) is 5.95. The van der Waals surface area contributed by atoms with E-state index in [1.54, 1.807) is 4.90 Å². The zero-order valence-corrected chi connectivity index (χ0v) is 11.4. The molecule has 2 N–H and O–H groups in total. The van der Waals surface area contributed by atoms with Gasteiger partial charge < -0.3 is 20.1 Å².